The van der Waals surface area contributed by atoms with Crippen LogP contribution in [0.3, 0.4) is 0 Å². The van der Waals surface area contributed by atoms with E-state index in [0.717, 1.165) is 43.8 Å². The molecule has 0 bridgehead atoms. The Balaban J connectivity index is 1.07. The van der Waals surface area contributed by atoms with Crippen LogP contribution in [-0.4, -0.2) is 69.2 Å². The number of anilines is 1. The molecule has 222 valence electrons. The van der Waals surface area contributed by atoms with E-state index in [0.29, 0.717) is 41.5 Å². The normalized spacial score (nSPS) is 14.1. The third kappa shape index (κ3) is 6.14. The summed E-state index contributed by atoms with van der Waals surface area (Å²) in [6.45, 7) is 10.0. The molecule has 0 atom stereocenters. The number of carbonyl (C=O) groups excluding carboxylic acids is 1. The number of hydrogen-bond donors (Lipinski definition) is 1. The number of aromatic nitrogens is 4. The smallest absolute Gasteiger partial charge is 0.263 e. The number of piperazine rings is 1. The Morgan fingerprint density at radius 2 is 1.70 bits per heavy atom. The third-order valence-electron chi connectivity index (χ3n) is 8.44. The molecule has 0 unspecified atom stereocenters. The Bertz CT molecular complexity index is 1820. The van der Waals surface area contributed by atoms with E-state index in [1.807, 2.05) is 40.8 Å². The van der Waals surface area contributed by atoms with Gasteiger partial charge in [0.15, 0.2) is 0 Å². The molecular weight excluding hydrogens is 562 g/mol. The molecule has 1 aliphatic heterocycles. The van der Waals surface area contributed by atoms with Gasteiger partial charge in [0, 0.05) is 62.8 Å². The summed E-state index contributed by atoms with van der Waals surface area (Å²) in [5.41, 5.74) is 5.52. The average molecular weight is 598 g/mol. The average Bonchev–Trinajstić information content (AvgIpc) is 3.45. The minimum Gasteiger partial charge on any atom is -0.369 e. The van der Waals surface area contributed by atoms with Crippen LogP contribution in [0.15, 0.2) is 71.5 Å². The number of carbonyl (C=O) groups is 1. The zero-order valence-corrected chi connectivity index (χ0v) is 25.3. The van der Waals surface area contributed by atoms with Gasteiger partial charge in [0.05, 0.1) is 17.4 Å². The highest BCUT2D eigenvalue weighted by Gasteiger charge is 2.20. The molecule has 3 heterocycles. The molecule has 6 rings (SSSR count). The first-order chi connectivity index (χ1) is 20.9. The Morgan fingerprint density at radius 1 is 0.930 bits per heavy atom. The molecule has 43 heavy (non-hydrogen) atoms. The number of fused-ring (bicyclic) bond motifs is 3. The van der Waals surface area contributed by atoms with Gasteiger partial charge in [-0.2, -0.15) is 0 Å². The van der Waals surface area contributed by atoms with Crippen LogP contribution in [0.25, 0.3) is 16.7 Å². The number of rotatable bonds is 9. The van der Waals surface area contributed by atoms with Gasteiger partial charge < -0.3 is 10.2 Å². The molecule has 5 aromatic rings. The maximum absolute atomic E-state index is 13.4. The summed E-state index contributed by atoms with van der Waals surface area (Å²) in [5.74, 6) is 1.08. The van der Waals surface area contributed by atoms with Crippen LogP contribution < -0.4 is 15.8 Å². The number of benzene rings is 3. The maximum atomic E-state index is 13.4. The van der Waals surface area contributed by atoms with Crippen LogP contribution in [0, 0.1) is 13.8 Å². The second-order valence-corrected chi connectivity index (χ2v) is 11.6. The van der Waals surface area contributed by atoms with E-state index in [2.05, 4.69) is 57.4 Å². The first-order valence-corrected chi connectivity index (χ1v) is 15.2. The fraction of sp³-hybridized carbons (Fsp3) is 0.333. The van der Waals surface area contributed by atoms with Gasteiger partial charge in [-0.1, -0.05) is 48.0 Å². The lowest BCUT2D eigenvalue weighted by molar-refractivity contribution is -0.121. The van der Waals surface area contributed by atoms with Crippen LogP contribution >= 0.6 is 11.6 Å². The molecule has 0 saturated carbocycles. The van der Waals surface area contributed by atoms with E-state index in [1.54, 1.807) is 16.7 Å². The molecule has 0 spiro atoms. The number of hydrogen-bond acceptors (Lipinski definition) is 6. The quantitative estimate of drug-likeness (QED) is 0.274. The molecule has 1 saturated heterocycles. The standard InChI is InChI=1S/C33H36ClN7O2/c1-23-6-5-9-28(24(23)2)39-20-18-38(19-21-39)17-16-35-31(42)15-14-30-36-37-33-40(22-25-10-12-26(34)13-11-25)32(43)27-7-3-4-8-29(27)41(30)33/h3-13H,14-22H2,1-2H3,(H,35,42). The number of halogens is 1. The van der Waals surface area contributed by atoms with Crippen LogP contribution in [0.2, 0.25) is 5.02 Å². The van der Waals surface area contributed by atoms with E-state index in [4.69, 9.17) is 11.6 Å². The zero-order chi connectivity index (χ0) is 29.9. The van der Waals surface area contributed by atoms with Crippen LogP contribution in [0.5, 0.6) is 0 Å². The van der Waals surface area contributed by atoms with Gasteiger partial charge in [-0.25, -0.2) is 0 Å². The highest BCUT2D eigenvalue weighted by atomic mass is 35.5. The lowest BCUT2D eigenvalue weighted by Crippen LogP contribution is -2.48. The number of nitrogens with one attached hydrogen (secondary N) is 1. The Morgan fingerprint density at radius 3 is 2.49 bits per heavy atom. The van der Waals surface area contributed by atoms with Crippen molar-refractivity contribution in [1.29, 1.82) is 0 Å². The lowest BCUT2D eigenvalue weighted by Gasteiger charge is -2.37. The molecule has 2 aromatic heterocycles. The molecule has 3 aromatic carbocycles. The Labute approximate surface area is 255 Å². The second kappa shape index (κ2) is 12.6. The summed E-state index contributed by atoms with van der Waals surface area (Å²) >= 11 is 6.06. The molecule has 9 nitrogen and oxygen atoms in total. The summed E-state index contributed by atoms with van der Waals surface area (Å²) in [5, 5.41) is 13.1. The molecule has 0 radical (unpaired) electrons. The van der Waals surface area contributed by atoms with Gasteiger partial charge in [-0.3, -0.25) is 23.5 Å². The van der Waals surface area contributed by atoms with Crippen molar-refractivity contribution >= 4 is 39.9 Å². The number of aryl methyl sites for hydroxylation is 2. The summed E-state index contributed by atoms with van der Waals surface area (Å²) in [7, 11) is 0. The maximum Gasteiger partial charge on any atom is 0.263 e. The highest BCUT2D eigenvalue weighted by Crippen LogP contribution is 2.24. The van der Waals surface area contributed by atoms with E-state index < -0.39 is 0 Å². The first kappa shape index (κ1) is 28.9. The number of nitrogens with zero attached hydrogens (tertiary/aromatic N) is 6. The number of para-hydroxylation sites is 1. The van der Waals surface area contributed by atoms with E-state index in [1.165, 1.54) is 16.8 Å². The van der Waals surface area contributed by atoms with Gasteiger partial charge >= 0.3 is 0 Å². The largest absolute Gasteiger partial charge is 0.369 e. The summed E-state index contributed by atoms with van der Waals surface area (Å²) in [6.07, 6.45) is 0.691. The van der Waals surface area contributed by atoms with Crippen molar-refractivity contribution in [3.63, 3.8) is 0 Å². The fourth-order valence-electron chi connectivity index (χ4n) is 5.85. The van der Waals surface area contributed by atoms with Gasteiger partial charge in [0.25, 0.3) is 5.56 Å². The Hall–Kier alpha value is -4.21. The van der Waals surface area contributed by atoms with Crippen LogP contribution in [0.1, 0.15) is 28.9 Å². The monoisotopic (exact) mass is 597 g/mol. The Kier molecular flexibility index (Phi) is 8.44. The van der Waals surface area contributed by atoms with E-state index in [-0.39, 0.29) is 17.9 Å². The minimum absolute atomic E-state index is 0.0236. The van der Waals surface area contributed by atoms with Crippen molar-refractivity contribution in [2.75, 3.05) is 44.2 Å². The molecule has 1 fully saturated rings. The van der Waals surface area contributed by atoms with E-state index >= 15 is 0 Å². The summed E-state index contributed by atoms with van der Waals surface area (Å²) in [4.78, 5) is 31.1. The van der Waals surface area contributed by atoms with Crippen molar-refractivity contribution in [1.82, 2.24) is 29.4 Å². The second-order valence-electron chi connectivity index (χ2n) is 11.2. The zero-order valence-electron chi connectivity index (χ0n) is 24.6. The summed E-state index contributed by atoms with van der Waals surface area (Å²) < 4.78 is 3.53. The predicted octanol–water partition coefficient (Wildman–Crippen LogP) is 4.23. The van der Waals surface area contributed by atoms with Gasteiger partial charge in [0.1, 0.15) is 5.82 Å². The fourth-order valence-corrected chi connectivity index (χ4v) is 5.97. The minimum atomic E-state index is -0.135. The molecule has 0 aliphatic carbocycles. The summed E-state index contributed by atoms with van der Waals surface area (Å²) in [6, 6.07) is 21.3. The molecule has 1 amide bonds. The van der Waals surface area contributed by atoms with Crippen molar-refractivity contribution in [2.24, 2.45) is 0 Å². The van der Waals surface area contributed by atoms with Crippen molar-refractivity contribution in [3.8, 4) is 0 Å². The number of amides is 1. The van der Waals surface area contributed by atoms with Crippen LogP contribution in [0.4, 0.5) is 5.69 Å². The molecule has 1 aliphatic rings. The van der Waals surface area contributed by atoms with Gasteiger partial charge in [0.2, 0.25) is 11.7 Å². The van der Waals surface area contributed by atoms with Crippen LogP contribution in [-0.2, 0) is 17.8 Å². The first-order valence-electron chi connectivity index (χ1n) is 14.8. The molecule has 1 N–H and O–H groups in total. The van der Waals surface area contributed by atoms with Gasteiger partial charge in [-0.05, 0) is 60.9 Å². The molecular formula is C33H36ClN7O2. The van der Waals surface area contributed by atoms with Crippen molar-refractivity contribution in [3.05, 3.63) is 105 Å². The SMILES string of the molecule is Cc1cccc(N2CCN(CCNC(=O)CCc3nnc4n(Cc5ccc(Cl)cc5)c(=O)c5ccccc5n34)CC2)c1C. The molecule has 10 heteroatoms. The van der Waals surface area contributed by atoms with Crippen molar-refractivity contribution in [2.45, 2.75) is 33.2 Å². The van der Waals surface area contributed by atoms with Crippen molar-refractivity contribution < 1.29 is 4.79 Å². The predicted molar refractivity (Wildman–Crippen MR) is 171 cm³/mol. The third-order valence-corrected chi connectivity index (χ3v) is 8.70. The highest BCUT2D eigenvalue weighted by molar-refractivity contribution is 6.30. The van der Waals surface area contributed by atoms with E-state index in [9.17, 15) is 9.59 Å². The topological polar surface area (TPSA) is 87.8 Å². The lowest BCUT2D eigenvalue weighted by atomic mass is 10.1. The van der Waals surface area contributed by atoms with Gasteiger partial charge in [-0.15, -0.1) is 10.2 Å².